The van der Waals surface area contributed by atoms with Crippen LogP contribution in [0.4, 0.5) is 18.9 Å². The van der Waals surface area contributed by atoms with Crippen molar-refractivity contribution in [3.05, 3.63) is 64.2 Å². The molecular weight excluding hydrogens is 315 g/mol. The molecule has 0 radical (unpaired) electrons. The molecule has 8 heteroatoms. The lowest BCUT2D eigenvalue weighted by Gasteiger charge is -2.10. The zero-order valence-electron chi connectivity index (χ0n) is 11.7. The third-order valence-corrected chi connectivity index (χ3v) is 2.85. The molecule has 0 bridgehead atoms. The lowest BCUT2D eigenvalue weighted by molar-refractivity contribution is -0.384. The van der Waals surface area contributed by atoms with E-state index in [4.69, 9.17) is 9.47 Å². The van der Waals surface area contributed by atoms with E-state index in [9.17, 15) is 23.3 Å². The van der Waals surface area contributed by atoms with Gasteiger partial charge in [0.25, 0.3) is 5.69 Å². The summed E-state index contributed by atoms with van der Waals surface area (Å²) in [5.74, 6) is 0.733. The van der Waals surface area contributed by atoms with Crippen molar-refractivity contribution in [2.45, 2.75) is 6.18 Å². The number of ether oxygens (including phenoxy) is 2. The maximum absolute atomic E-state index is 12.4. The molecule has 0 fully saturated rings. The Kier molecular flexibility index (Phi) is 5.05. The molecule has 0 saturated carbocycles. The van der Waals surface area contributed by atoms with Crippen LogP contribution in [0.15, 0.2) is 48.5 Å². The molecule has 0 spiro atoms. The normalized spacial score (nSPS) is 11.1. The van der Waals surface area contributed by atoms with Crippen LogP contribution in [0, 0.1) is 10.1 Å². The van der Waals surface area contributed by atoms with Crippen molar-refractivity contribution in [2.24, 2.45) is 0 Å². The van der Waals surface area contributed by atoms with E-state index >= 15 is 0 Å². The fraction of sp³-hybridized carbons (Fsp3) is 0.200. The summed E-state index contributed by atoms with van der Waals surface area (Å²) in [5.41, 5.74) is -0.787. The van der Waals surface area contributed by atoms with Gasteiger partial charge in [0, 0.05) is 12.1 Å². The van der Waals surface area contributed by atoms with Crippen LogP contribution < -0.4 is 9.47 Å². The van der Waals surface area contributed by atoms with Crippen molar-refractivity contribution in [1.29, 1.82) is 0 Å². The summed E-state index contributed by atoms with van der Waals surface area (Å²) in [5, 5.41) is 10.5. The maximum Gasteiger partial charge on any atom is 0.416 e. The molecule has 0 aliphatic rings. The quantitative estimate of drug-likeness (QED) is 0.456. The van der Waals surface area contributed by atoms with Gasteiger partial charge >= 0.3 is 6.18 Å². The molecule has 0 amide bonds. The van der Waals surface area contributed by atoms with Crippen LogP contribution in [0.2, 0.25) is 0 Å². The fourth-order valence-corrected chi connectivity index (χ4v) is 1.72. The van der Waals surface area contributed by atoms with Crippen molar-refractivity contribution in [3.63, 3.8) is 0 Å². The maximum atomic E-state index is 12.4. The Labute approximate surface area is 129 Å². The van der Waals surface area contributed by atoms with E-state index < -0.39 is 16.7 Å². The predicted molar refractivity (Wildman–Crippen MR) is 75.5 cm³/mol. The Bertz CT molecular complexity index is 654. The number of rotatable bonds is 6. The molecule has 0 saturated heterocycles. The van der Waals surface area contributed by atoms with Crippen molar-refractivity contribution in [3.8, 4) is 11.5 Å². The number of non-ortho nitro benzene ring substituents is 1. The van der Waals surface area contributed by atoms with Crippen LogP contribution in [-0.4, -0.2) is 18.1 Å². The molecule has 5 nitrogen and oxygen atoms in total. The highest BCUT2D eigenvalue weighted by molar-refractivity contribution is 5.36. The molecule has 0 unspecified atom stereocenters. The Hall–Kier alpha value is -2.77. The highest BCUT2D eigenvalue weighted by Crippen LogP contribution is 2.30. The first kappa shape index (κ1) is 16.6. The van der Waals surface area contributed by atoms with Gasteiger partial charge in [-0.1, -0.05) is 0 Å². The summed E-state index contributed by atoms with van der Waals surface area (Å²) in [6.45, 7) is 0.279. The summed E-state index contributed by atoms with van der Waals surface area (Å²) in [4.78, 5) is 9.97. The van der Waals surface area contributed by atoms with E-state index in [1.165, 1.54) is 36.4 Å². The van der Waals surface area contributed by atoms with Gasteiger partial charge in [0.05, 0.1) is 10.5 Å². The molecule has 0 atom stereocenters. The highest BCUT2D eigenvalue weighted by atomic mass is 19.4. The second-order valence-corrected chi connectivity index (χ2v) is 4.47. The monoisotopic (exact) mass is 327 g/mol. The van der Waals surface area contributed by atoms with Gasteiger partial charge in [-0.05, 0) is 36.4 Å². The van der Waals surface area contributed by atoms with Crippen LogP contribution in [0.1, 0.15) is 5.56 Å². The molecule has 0 aliphatic carbocycles. The summed E-state index contributed by atoms with van der Waals surface area (Å²) >= 11 is 0. The fourth-order valence-electron chi connectivity index (χ4n) is 1.72. The number of nitrogens with zero attached hydrogens (tertiary/aromatic N) is 1. The second-order valence-electron chi connectivity index (χ2n) is 4.47. The van der Waals surface area contributed by atoms with Gasteiger partial charge in [-0.2, -0.15) is 13.2 Å². The first-order valence-electron chi connectivity index (χ1n) is 6.53. The largest absolute Gasteiger partial charge is 0.490 e. The van der Waals surface area contributed by atoms with Gasteiger partial charge in [-0.15, -0.1) is 0 Å². The lowest BCUT2D eigenvalue weighted by atomic mass is 10.2. The Morgan fingerprint density at radius 3 is 1.70 bits per heavy atom. The molecule has 0 aromatic heterocycles. The Morgan fingerprint density at radius 1 is 0.870 bits per heavy atom. The van der Waals surface area contributed by atoms with Gasteiger partial charge in [0.15, 0.2) is 0 Å². The molecule has 2 rings (SSSR count). The summed E-state index contributed by atoms with van der Waals surface area (Å²) in [6, 6.07) is 9.87. The molecule has 2 aromatic rings. The van der Waals surface area contributed by atoms with E-state index in [1.807, 2.05) is 0 Å². The van der Waals surface area contributed by atoms with Gasteiger partial charge in [-0.25, -0.2) is 0 Å². The van der Waals surface area contributed by atoms with E-state index in [0.717, 1.165) is 12.1 Å². The number of nitro groups is 1. The van der Waals surface area contributed by atoms with Gasteiger partial charge in [0.2, 0.25) is 0 Å². The van der Waals surface area contributed by atoms with Crippen LogP contribution in [0.25, 0.3) is 0 Å². The first-order chi connectivity index (χ1) is 10.9. The van der Waals surface area contributed by atoms with Crippen molar-refractivity contribution < 1.29 is 27.6 Å². The van der Waals surface area contributed by atoms with Crippen LogP contribution >= 0.6 is 0 Å². The number of hydrogen-bond acceptors (Lipinski definition) is 4. The molecule has 0 N–H and O–H groups in total. The summed E-state index contributed by atoms with van der Waals surface area (Å²) < 4.78 is 47.7. The predicted octanol–water partition coefficient (Wildman–Crippen LogP) is 4.07. The van der Waals surface area contributed by atoms with E-state index in [1.54, 1.807) is 0 Å². The Balaban J connectivity index is 1.78. The minimum atomic E-state index is -4.38. The molecular formula is C15H12F3NO4. The van der Waals surface area contributed by atoms with Gasteiger partial charge in [-0.3, -0.25) is 10.1 Å². The van der Waals surface area contributed by atoms with Crippen molar-refractivity contribution >= 4 is 5.69 Å². The Morgan fingerprint density at radius 2 is 1.30 bits per heavy atom. The zero-order chi connectivity index (χ0) is 16.9. The minimum absolute atomic E-state index is 0.0432. The van der Waals surface area contributed by atoms with Crippen LogP contribution in [0.3, 0.4) is 0 Å². The average Bonchev–Trinajstić information content (AvgIpc) is 2.51. The smallest absolute Gasteiger partial charge is 0.416 e. The number of halogens is 3. The lowest BCUT2D eigenvalue weighted by Crippen LogP contribution is -2.09. The molecule has 0 heterocycles. The number of benzene rings is 2. The van der Waals surface area contributed by atoms with Gasteiger partial charge < -0.3 is 9.47 Å². The topological polar surface area (TPSA) is 61.6 Å². The van der Waals surface area contributed by atoms with Crippen LogP contribution in [-0.2, 0) is 6.18 Å². The SMILES string of the molecule is O=[N+]([O-])c1ccc(OCCOc2ccc(C(F)(F)F)cc2)cc1. The van der Waals surface area contributed by atoms with Gasteiger partial charge in [0.1, 0.15) is 24.7 Å². The third kappa shape index (κ3) is 4.87. The van der Waals surface area contributed by atoms with E-state index in [0.29, 0.717) is 11.5 Å². The zero-order valence-corrected chi connectivity index (χ0v) is 11.7. The molecule has 23 heavy (non-hydrogen) atoms. The highest BCUT2D eigenvalue weighted by Gasteiger charge is 2.29. The number of nitro benzene ring substituents is 1. The van der Waals surface area contributed by atoms with Crippen molar-refractivity contribution in [1.82, 2.24) is 0 Å². The van der Waals surface area contributed by atoms with Crippen molar-refractivity contribution in [2.75, 3.05) is 13.2 Å². The molecule has 122 valence electrons. The third-order valence-electron chi connectivity index (χ3n) is 2.85. The number of alkyl halides is 3. The molecule has 0 aliphatic heterocycles. The van der Waals surface area contributed by atoms with E-state index in [2.05, 4.69) is 0 Å². The first-order valence-corrected chi connectivity index (χ1v) is 6.53. The second kappa shape index (κ2) is 6.99. The standard InChI is InChI=1S/C15H12F3NO4/c16-15(17,18)11-1-5-13(6-2-11)22-9-10-23-14-7-3-12(4-8-14)19(20)21/h1-8H,9-10H2. The number of hydrogen-bond donors (Lipinski definition) is 0. The summed E-state index contributed by atoms with van der Waals surface area (Å²) in [7, 11) is 0. The summed E-state index contributed by atoms with van der Waals surface area (Å²) in [6.07, 6.45) is -4.38. The molecule has 2 aromatic carbocycles. The van der Waals surface area contributed by atoms with E-state index in [-0.39, 0.29) is 18.9 Å². The van der Waals surface area contributed by atoms with Crippen LogP contribution in [0.5, 0.6) is 11.5 Å². The minimum Gasteiger partial charge on any atom is -0.490 e. The average molecular weight is 327 g/mol.